The zero-order valence-electron chi connectivity index (χ0n) is 19.0. The second-order valence-electron chi connectivity index (χ2n) is 8.23. The lowest BCUT2D eigenvalue weighted by atomic mass is 9.95. The summed E-state index contributed by atoms with van der Waals surface area (Å²) in [4.78, 5) is 29.5. The molecule has 0 spiro atoms. The van der Waals surface area contributed by atoms with E-state index in [0.717, 1.165) is 13.0 Å². The van der Waals surface area contributed by atoms with E-state index in [9.17, 15) is 19.8 Å². The molecule has 0 aromatic heterocycles. The fourth-order valence-corrected chi connectivity index (χ4v) is 4.00. The number of rotatable bonds is 9. The summed E-state index contributed by atoms with van der Waals surface area (Å²) in [6.45, 7) is 3.66. The molecule has 3 rings (SSSR count). The molecule has 2 aromatic carbocycles. The standard InChI is InChI=1S/C25H29ClN2O5/c1-4-14-33-18-9-6-16(7-10-18)22-21(23(30)19-15-17(26)8-11-20(19)29)24(31)25(32)28(22)13-5-12-27(2)3/h6-11,15,22,29-30H,4-5,12-14H2,1-3H3/b23-21+. The van der Waals surface area contributed by atoms with Crippen molar-refractivity contribution in [3.8, 4) is 11.5 Å². The third-order valence-corrected chi connectivity index (χ3v) is 5.66. The second-order valence-corrected chi connectivity index (χ2v) is 8.66. The van der Waals surface area contributed by atoms with Gasteiger partial charge in [0.05, 0.1) is 23.8 Å². The number of aromatic hydroxyl groups is 1. The fourth-order valence-electron chi connectivity index (χ4n) is 3.82. The SMILES string of the molecule is CCCOc1ccc(C2/C(=C(\O)c3cc(Cl)ccc3O)C(=O)C(=O)N2CCCN(C)C)cc1. The molecule has 0 saturated carbocycles. The maximum atomic E-state index is 13.1. The number of nitrogens with zero attached hydrogens (tertiary/aromatic N) is 2. The van der Waals surface area contributed by atoms with Crippen molar-refractivity contribution in [3.05, 3.63) is 64.2 Å². The van der Waals surface area contributed by atoms with Crippen LogP contribution in [-0.4, -0.2) is 65.5 Å². The highest BCUT2D eigenvalue weighted by atomic mass is 35.5. The smallest absolute Gasteiger partial charge is 0.295 e. The number of halogens is 1. The van der Waals surface area contributed by atoms with E-state index in [1.807, 2.05) is 25.9 Å². The first-order valence-corrected chi connectivity index (χ1v) is 11.3. The number of ether oxygens (including phenoxy) is 1. The number of carbonyl (C=O) groups excluding carboxylic acids is 2. The van der Waals surface area contributed by atoms with E-state index in [1.165, 1.54) is 23.1 Å². The molecule has 1 fully saturated rings. The first kappa shape index (κ1) is 24.6. The van der Waals surface area contributed by atoms with E-state index in [0.29, 0.717) is 30.9 Å². The zero-order chi connectivity index (χ0) is 24.1. The molecule has 33 heavy (non-hydrogen) atoms. The van der Waals surface area contributed by atoms with Crippen LogP contribution in [0.2, 0.25) is 5.02 Å². The molecular formula is C25H29ClN2O5. The third kappa shape index (κ3) is 5.49. The van der Waals surface area contributed by atoms with E-state index < -0.39 is 23.5 Å². The lowest BCUT2D eigenvalue weighted by Gasteiger charge is -2.26. The summed E-state index contributed by atoms with van der Waals surface area (Å²) in [6, 6.07) is 10.5. The van der Waals surface area contributed by atoms with E-state index >= 15 is 0 Å². The molecule has 1 saturated heterocycles. The number of ketones is 1. The van der Waals surface area contributed by atoms with Gasteiger partial charge < -0.3 is 24.7 Å². The Bertz CT molecular complexity index is 1050. The average molecular weight is 473 g/mol. The van der Waals surface area contributed by atoms with Crippen molar-refractivity contribution in [2.24, 2.45) is 0 Å². The van der Waals surface area contributed by atoms with Crippen LogP contribution in [0.1, 0.15) is 36.9 Å². The maximum Gasteiger partial charge on any atom is 0.295 e. The molecule has 1 atom stereocenters. The summed E-state index contributed by atoms with van der Waals surface area (Å²) in [5.74, 6) is -1.50. The highest BCUT2D eigenvalue weighted by Gasteiger charge is 2.46. The Balaban J connectivity index is 2.08. The van der Waals surface area contributed by atoms with Crippen LogP contribution in [0.25, 0.3) is 5.76 Å². The molecule has 1 unspecified atom stereocenters. The van der Waals surface area contributed by atoms with E-state index in [-0.39, 0.29) is 21.9 Å². The van der Waals surface area contributed by atoms with E-state index in [1.54, 1.807) is 24.3 Å². The quantitative estimate of drug-likeness (QED) is 0.323. The number of likely N-dealkylation sites (tertiary alicyclic amines) is 1. The van der Waals surface area contributed by atoms with Crippen molar-refractivity contribution in [1.29, 1.82) is 0 Å². The van der Waals surface area contributed by atoms with Crippen LogP contribution in [0, 0.1) is 0 Å². The summed E-state index contributed by atoms with van der Waals surface area (Å²) in [5.41, 5.74) is 0.581. The monoisotopic (exact) mass is 472 g/mol. The maximum absolute atomic E-state index is 13.1. The summed E-state index contributed by atoms with van der Waals surface area (Å²) >= 11 is 6.05. The summed E-state index contributed by atoms with van der Waals surface area (Å²) in [7, 11) is 3.87. The lowest BCUT2D eigenvalue weighted by Crippen LogP contribution is -2.32. The van der Waals surface area contributed by atoms with Gasteiger partial charge in [-0.1, -0.05) is 30.7 Å². The number of amides is 1. The number of carbonyl (C=O) groups is 2. The van der Waals surface area contributed by atoms with Crippen molar-refractivity contribution < 1.29 is 24.5 Å². The van der Waals surface area contributed by atoms with Crippen LogP contribution >= 0.6 is 11.6 Å². The molecule has 1 aliphatic heterocycles. The van der Waals surface area contributed by atoms with Crippen LogP contribution in [0.3, 0.4) is 0 Å². The van der Waals surface area contributed by atoms with Crippen molar-refractivity contribution in [3.63, 3.8) is 0 Å². The molecule has 0 radical (unpaired) electrons. The first-order chi connectivity index (χ1) is 15.7. The van der Waals surface area contributed by atoms with Gasteiger partial charge in [-0.3, -0.25) is 9.59 Å². The Morgan fingerprint density at radius 2 is 1.85 bits per heavy atom. The molecule has 1 aliphatic rings. The number of hydrogen-bond donors (Lipinski definition) is 2. The molecule has 8 heteroatoms. The van der Waals surface area contributed by atoms with Crippen LogP contribution in [0.4, 0.5) is 0 Å². The number of aliphatic hydroxyl groups excluding tert-OH is 1. The average Bonchev–Trinajstić information content (AvgIpc) is 3.04. The Morgan fingerprint density at radius 1 is 1.15 bits per heavy atom. The Kier molecular flexibility index (Phi) is 8.00. The molecule has 0 aliphatic carbocycles. The van der Waals surface area contributed by atoms with Gasteiger partial charge in [0.25, 0.3) is 11.7 Å². The largest absolute Gasteiger partial charge is 0.507 e. The van der Waals surface area contributed by atoms with Gasteiger partial charge >= 0.3 is 0 Å². The number of aliphatic hydroxyl groups is 1. The Morgan fingerprint density at radius 3 is 2.48 bits per heavy atom. The van der Waals surface area contributed by atoms with Gasteiger partial charge in [0.1, 0.15) is 17.3 Å². The van der Waals surface area contributed by atoms with Crippen molar-refractivity contribution in [1.82, 2.24) is 9.80 Å². The summed E-state index contributed by atoms with van der Waals surface area (Å²) in [5, 5.41) is 21.6. The van der Waals surface area contributed by atoms with Gasteiger partial charge in [-0.2, -0.15) is 0 Å². The number of Topliss-reactive ketones (excluding diaryl/α,β-unsaturated/α-hetero) is 1. The second kappa shape index (κ2) is 10.7. The normalized spacial score (nSPS) is 17.7. The van der Waals surface area contributed by atoms with Gasteiger partial charge in [-0.25, -0.2) is 0 Å². The topological polar surface area (TPSA) is 90.3 Å². The summed E-state index contributed by atoms with van der Waals surface area (Å²) < 4.78 is 5.64. The Hall–Kier alpha value is -3.03. The van der Waals surface area contributed by atoms with Crippen LogP contribution in [-0.2, 0) is 9.59 Å². The van der Waals surface area contributed by atoms with Crippen LogP contribution < -0.4 is 4.74 Å². The fraction of sp³-hybridized carbons (Fsp3) is 0.360. The molecule has 1 amide bonds. The van der Waals surface area contributed by atoms with E-state index in [4.69, 9.17) is 16.3 Å². The van der Waals surface area contributed by atoms with Crippen molar-refractivity contribution in [2.45, 2.75) is 25.8 Å². The van der Waals surface area contributed by atoms with Crippen molar-refractivity contribution in [2.75, 3.05) is 33.8 Å². The molecule has 7 nitrogen and oxygen atoms in total. The minimum Gasteiger partial charge on any atom is -0.507 e. The molecule has 176 valence electrons. The number of phenolic OH excluding ortho intramolecular Hbond substituents is 1. The van der Waals surface area contributed by atoms with Crippen molar-refractivity contribution >= 4 is 29.1 Å². The number of phenols is 1. The molecule has 2 N–H and O–H groups in total. The minimum absolute atomic E-state index is 0.00157. The molecular weight excluding hydrogens is 444 g/mol. The van der Waals surface area contributed by atoms with Gasteiger partial charge in [0, 0.05) is 11.6 Å². The number of benzene rings is 2. The van der Waals surface area contributed by atoms with Gasteiger partial charge in [-0.05, 0) is 69.4 Å². The molecule has 2 aromatic rings. The molecule has 0 bridgehead atoms. The first-order valence-electron chi connectivity index (χ1n) is 10.9. The van der Waals surface area contributed by atoms with Gasteiger partial charge in [0.15, 0.2) is 0 Å². The van der Waals surface area contributed by atoms with Crippen LogP contribution in [0.15, 0.2) is 48.0 Å². The van der Waals surface area contributed by atoms with Crippen LogP contribution in [0.5, 0.6) is 11.5 Å². The zero-order valence-corrected chi connectivity index (χ0v) is 19.8. The predicted molar refractivity (Wildman–Crippen MR) is 128 cm³/mol. The minimum atomic E-state index is -0.800. The molecule has 1 heterocycles. The highest BCUT2D eigenvalue weighted by Crippen LogP contribution is 2.41. The van der Waals surface area contributed by atoms with Gasteiger partial charge in [0.2, 0.25) is 0 Å². The van der Waals surface area contributed by atoms with Gasteiger partial charge in [-0.15, -0.1) is 0 Å². The predicted octanol–water partition coefficient (Wildman–Crippen LogP) is 4.21. The Labute approximate surface area is 198 Å². The summed E-state index contributed by atoms with van der Waals surface area (Å²) in [6.07, 6.45) is 1.52. The van der Waals surface area contributed by atoms with E-state index in [2.05, 4.69) is 0 Å². The highest BCUT2D eigenvalue weighted by molar-refractivity contribution is 6.46. The third-order valence-electron chi connectivity index (χ3n) is 5.43. The number of hydrogen-bond acceptors (Lipinski definition) is 6. The lowest BCUT2D eigenvalue weighted by molar-refractivity contribution is -0.139.